The summed E-state index contributed by atoms with van der Waals surface area (Å²) in [4.78, 5) is 23.2. The lowest BCUT2D eigenvalue weighted by Crippen LogP contribution is -2.50. The van der Waals surface area contributed by atoms with Crippen LogP contribution in [0, 0.1) is 0 Å². The van der Waals surface area contributed by atoms with Crippen molar-refractivity contribution in [1.82, 2.24) is 5.32 Å². The molecule has 0 saturated carbocycles. The Morgan fingerprint density at radius 1 is 1.23 bits per heavy atom. The van der Waals surface area contributed by atoms with Crippen LogP contribution in [-0.4, -0.2) is 34.2 Å². The molecule has 1 saturated heterocycles. The zero-order valence-corrected chi connectivity index (χ0v) is 13.2. The van der Waals surface area contributed by atoms with Crippen LogP contribution in [0.3, 0.4) is 0 Å². The summed E-state index contributed by atoms with van der Waals surface area (Å²) in [6.07, 6.45) is 1.62. The molecule has 1 fully saturated rings. The number of ether oxygens (including phenoxy) is 1. The Labute approximate surface area is 134 Å². The van der Waals surface area contributed by atoms with Crippen LogP contribution in [0.5, 0.6) is 0 Å². The third-order valence-corrected chi connectivity index (χ3v) is 4.81. The molecular weight excluding hydrogens is 302 g/mol. The summed E-state index contributed by atoms with van der Waals surface area (Å²) in [7, 11) is 0. The quantitative estimate of drug-likeness (QED) is 0.871. The van der Waals surface area contributed by atoms with Gasteiger partial charge in [0.1, 0.15) is 6.61 Å². The smallest absolute Gasteiger partial charge is 0.407 e. The first-order valence-electron chi connectivity index (χ1n) is 7.38. The monoisotopic (exact) mass is 323 g/mol. The van der Waals surface area contributed by atoms with E-state index in [0.717, 1.165) is 23.5 Å². The van der Waals surface area contributed by atoms with E-state index in [1.807, 2.05) is 30.3 Å². The van der Waals surface area contributed by atoms with E-state index in [1.54, 1.807) is 11.8 Å². The molecule has 120 valence electrons. The number of carboxylic acid groups (broad SMARTS) is 1. The summed E-state index contributed by atoms with van der Waals surface area (Å²) < 4.78 is 5.23. The highest BCUT2D eigenvalue weighted by atomic mass is 32.2. The van der Waals surface area contributed by atoms with Crippen molar-refractivity contribution in [1.29, 1.82) is 0 Å². The number of aliphatic carboxylic acids is 1. The van der Waals surface area contributed by atoms with Crippen molar-refractivity contribution in [3.63, 3.8) is 0 Å². The second-order valence-corrected chi connectivity index (χ2v) is 6.73. The molecule has 0 aliphatic carbocycles. The average molecular weight is 323 g/mol. The van der Waals surface area contributed by atoms with Gasteiger partial charge in [0.05, 0.1) is 12.0 Å². The predicted molar refractivity (Wildman–Crippen MR) is 85.9 cm³/mol. The van der Waals surface area contributed by atoms with Crippen LogP contribution in [0.1, 0.15) is 31.2 Å². The van der Waals surface area contributed by atoms with E-state index in [2.05, 4.69) is 5.32 Å². The van der Waals surface area contributed by atoms with E-state index in [-0.39, 0.29) is 13.0 Å². The second-order valence-electron chi connectivity index (χ2n) is 5.50. The van der Waals surface area contributed by atoms with Crippen molar-refractivity contribution in [2.75, 3.05) is 11.5 Å². The second kappa shape index (κ2) is 8.08. The Hall–Kier alpha value is -1.69. The van der Waals surface area contributed by atoms with Gasteiger partial charge in [-0.05, 0) is 36.3 Å². The molecule has 1 unspecified atom stereocenters. The topological polar surface area (TPSA) is 75.6 Å². The number of carboxylic acids is 1. The van der Waals surface area contributed by atoms with E-state index in [9.17, 15) is 9.59 Å². The third-order valence-electron chi connectivity index (χ3n) is 3.74. The largest absolute Gasteiger partial charge is 0.481 e. The number of thioether (sulfide) groups is 1. The van der Waals surface area contributed by atoms with E-state index in [0.29, 0.717) is 12.8 Å². The highest BCUT2D eigenvalue weighted by molar-refractivity contribution is 7.99. The van der Waals surface area contributed by atoms with Crippen molar-refractivity contribution in [2.45, 2.75) is 37.8 Å². The fourth-order valence-corrected chi connectivity index (χ4v) is 3.71. The van der Waals surface area contributed by atoms with E-state index < -0.39 is 17.6 Å². The number of carbonyl (C=O) groups is 2. The number of rotatable bonds is 5. The first-order chi connectivity index (χ1) is 10.6. The Morgan fingerprint density at radius 3 is 2.73 bits per heavy atom. The van der Waals surface area contributed by atoms with E-state index in [4.69, 9.17) is 9.84 Å². The first-order valence-corrected chi connectivity index (χ1v) is 8.54. The molecule has 2 N–H and O–H groups in total. The maximum Gasteiger partial charge on any atom is 0.407 e. The van der Waals surface area contributed by atoms with Crippen LogP contribution in [0.25, 0.3) is 0 Å². The van der Waals surface area contributed by atoms with E-state index in [1.165, 1.54) is 0 Å². The maximum absolute atomic E-state index is 12.1. The minimum Gasteiger partial charge on any atom is -0.481 e. The van der Waals surface area contributed by atoms with Gasteiger partial charge in [0.15, 0.2) is 0 Å². The molecule has 22 heavy (non-hydrogen) atoms. The number of hydrogen-bond acceptors (Lipinski definition) is 4. The SMILES string of the molecule is O=C(O)CC1(NC(=O)OCc2ccccc2)CCCSCC1. The Balaban J connectivity index is 1.93. The highest BCUT2D eigenvalue weighted by Gasteiger charge is 2.35. The summed E-state index contributed by atoms with van der Waals surface area (Å²) in [6, 6.07) is 9.41. The number of carbonyl (C=O) groups excluding carboxylic acids is 1. The zero-order valence-electron chi connectivity index (χ0n) is 12.4. The van der Waals surface area contributed by atoms with Crippen molar-refractivity contribution < 1.29 is 19.4 Å². The third kappa shape index (κ3) is 5.26. The van der Waals surface area contributed by atoms with Crippen LogP contribution >= 0.6 is 11.8 Å². The minimum absolute atomic E-state index is 0.0615. The van der Waals surface area contributed by atoms with Gasteiger partial charge in [-0.25, -0.2) is 4.79 Å². The molecule has 6 heteroatoms. The van der Waals surface area contributed by atoms with Gasteiger partial charge in [0.25, 0.3) is 0 Å². The standard InChI is InChI=1S/C16H21NO4S/c18-14(19)11-16(7-4-9-22-10-8-16)17-15(20)21-12-13-5-2-1-3-6-13/h1-3,5-6H,4,7-12H2,(H,17,20)(H,18,19). The zero-order chi connectivity index (χ0) is 15.8. The van der Waals surface area contributed by atoms with Gasteiger partial charge in [0.2, 0.25) is 0 Å². The molecule has 2 rings (SSSR count). The molecule has 0 bridgehead atoms. The maximum atomic E-state index is 12.1. The molecular formula is C16H21NO4S. The normalized spacial score (nSPS) is 21.6. The van der Waals surface area contributed by atoms with Gasteiger partial charge < -0.3 is 15.2 Å². The van der Waals surface area contributed by atoms with Crippen LogP contribution in [0.2, 0.25) is 0 Å². The summed E-state index contributed by atoms with van der Waals surface area (Å²) in [5, 5.41) is 12.0. The van der Waals surface area contributed by atoms with Crippen molar-refractivity contribution >= 4 is 23.8 Å². The first kappa shape index (κ1) is 16.7. The van der Waals surface area contributed by atoms with Gasteiger partial charge in [-0.2, -0.15) is 11.8 Å². The van der Waals surface area contributed by atoms with Crippen molar-refractivity contribution in [2.24, 2.45) is 0 Å². The Kier molecular flexibility index (Phi) is 6.12. The molecule has 5 nitrogen and oxygen atoms in total. The number of amides is 1. The number of hydrogen-bond donors (Lipinski definition) is 2. The van der Waals surface area contributed by atoms with Crippen LogP contribution < -0.4 is 5.32 Å². The number of benzene rings is 1. The Morgan fingerprint density at radius 2 is 2.00 bits per heavy atom. The summed E-state index contributed by atoms with van der Waals surface area (Å²) in [5.41, 5.74) is 0.213. The molecule has 1 amide bonds. The van der Waals surface area contributed by atoms with Gasteiger partial charge in [-0.1, -0.05) is 30.3 Å². The molecule has 1 aromatic rings. The van der Waals surface area contributed by atoms with Crippen LogP contribution in [0.4, 0.5) is 4.79 Å². The lowest BCUT2D eigenvalue weighted by molar-refractivity contribution is -0.138. The lowest BCUT2D eigenvalue weighted by Gasteiger charge is -2.31. The summed E-state index contributed by atoms with van der Waals surface area (Å²) in [6.45, 7) is 0.185. The van der Waals surface area contributed by atoms with Crippen molar-refractivity contribution in [3.05, 3.63) is 35.9 Å². The Bertz CT molecular complexity index is 498. The molecule has 1 aliphatic rings. The fourth-order valence-electron chi connectivity index (χ4n) is 2.62. The van der Waals surface area contributed by atoms with Gasteiger partial charge >= 0.3 is 12.1 Å². The van der Waals surface area contributed by atoms with E-state index >= 15 is 0 Å². The van der Waals surface area contributed by atoms with Gasteiger partial charge in [0, 0.05) is 0 Å². The number of alkyl carbamates (subject to hydrolysis) is 1. The average Bonchev–Trinajstić information content (AvgIpc) is 2.71. The molecule has 1 heterocycles. The highest BCUT2D eigenvalue weighted by Crippen LogP contribution is 2.29. The van der Waals surface area contributed by atoms with Crippen LogP contribution in [-0.2, 0) is 16.1 Å². The lowest BCUT2D eigenvalue weighted by atomic mass is 9.87. The van der Waals surface area contributed by atoms with Crippen molar-refractivity contribution in [3.8, 4) is 0 Å². The molecule has 0 spiro atoms. The molecule has 0 radical (unpaired) electrons. The van der Waals surface area contributed by atoms with Crippen LogP contribution in [0.15, 0.2) is 30.3 Å². The molecule has 0 aromatic heterocycles. The van der Waals surface area contributed by atoms with Gasteiger partial charge in [-0.15, -0.1) is 0 Å². The van der Waals surface area contributed by atoms with Gasteiger partial charge in [-0.3, -0.25) is 4.79 Å². The fraction of sp³-hybridized carbons (Fsp3) is 0.500. The molecule has 1 aromatic carbocycles. The predicted octanol–water partition coefficient (Wildman–Crippen LogP) is 3.04. The minimum atomic E-state index is -0.893. The summed E-state index contributed by atoms with van der Waals surface area (Å²) in [5.74, 6) is 0.962. The molecule has 1 aliphatic heterocycles. The number of nitrogens with one attached hydrogen (secondary N) is 1. The molecule has 1 atom stereocenters. The summed E-state index contributed by atoms with van der Waals surface area (Å²) >= 11 is 1.80.